The normalized spacial score (nSPS) is 12.6. The highest BCUT2D eigenvalue weighted by atomic mass is 35.5. The van der Waals surface area contributed by atoms with Crippen LogP contribution < -0.4 is 5.73 Å². The Morgan fingerprint density at radius 2 is 1.62 bits per heavy atom. The number of fused-ring (bicyclic) bond motifs is 1. The van der Waals surface area contributed by atoms with Crippen LogP contribution in [0.2, 0.25) is 5.02 Å². The van der Waals surface area contributed by atoms with Crippen LogP contribution >= 0.6 is 11.6 Å². The number of hydrogen-bond acceptors (Lipinski definition) is 1. The lowest BCUT2D eigenvalue weighted by molar-refractivity contribution is 0.862. The van der Waals surface area contributed by atoms with E-state index in [9.17, 15) is 0 Å². The van der Waals surface area contributed by atoms with Crippen molar-refractivity contribution in [3.63, 3.8) is 0 Å². The summed E-state index contributed by atoms with van der Waals surface area (Å²) < 4.78 is 0. The van der Waals surface area contributed by atoms with Gasteiger partial charge in [0.05, 0.1) is 6.04 Å². The number of halogens is 1. The molecule has 3 aromatic carbocycles. The van der Waals surface area contributed by atoms with Gasteiger partial charge in [-0.1, -0.05) is 54.1 Å². The molecular weight excluding hydrogens is 278 g/mol. The summed E-state index contributed by atoms with van der Waals surface area (Å²) in [5, 5.41) is 3.15. The van der Waals surface area contributed by atoms with Crippen LogP contribution in [0.15, 0.2) is 54.6 Å². The van der Waals surface area contributed by atoms with Crippen LogP contribution in [0.3, 0.4) is 0 Å². The summed E-state index contributed by atoms with van der Waals surface area (Å²) in [5.41, 5.74) is 11.2. The Morgan fingerprint density at radius 3 is 2.43 bits per heavy atom. The molecule has 1 unspecified atom stereocenters. The molecule has 1 nitrogen and oxygen atoms in total. The summed E-state index contributed by atoms with van der Waals surface area (Å²) in [6.45, 7) is 4.19. The van der Waals surface area contributed by atoms with E-state index in [1.54, 1.807) is 0 Å². The molecule has 0 radical (unpaired) electrons. The number of hydrogen-bond donors (Lipinski definition) is 1. The summed E-state index contributed by atoms with van der Waals surface area (Å²) >= 11 is 6.15. The summed E-state index contributed by atoms with van der Waals surface area (Å²) in [7, 11) is 0. The first-order valence-corrected chi connectivity index (χ1v) is 7.45. The van der Waals surface area contributed by atoms with Crippen LogP contribution in [0.5, 0.6) is 0 Å². The molecule has 21 heavy (non-hydrogen) atoms. The van der Waals surface area contributed by atoms with Gasteiger partial charge in [0.15, 0.2) is 0 Å². The molecule has 0 fully saturated rings. The fraction of sp³-hybridized carbons (Fsp3) is 0.158. The van der Waals surface area contributed by atoms with Crippen LogP contribution in [0.1, 0.15) is 28.3 Å². The Morgan fingerprint density at radius 1 is 0.905 bits per heavy atom. The Hall–Kier alpha value is -1.83. The maximum atomic E-state index is 6.59. The van der Waals surface area contributed by atoms with E-state index in [-0.39, 0.29) is 6.04 Å². The van der Waals surface area contributed by atoms with Gasteiger partial charge in [0.2, 0.25) is 0 Å². The average Bonchev–Trinajstić information content (AvgIpc) is 2.49. The van der Waals surface area contributed by atoms with Gasteiger partial charge in [0.25, 0.3) is 0 Å². The zero-order chi connectivity index (χ0) is 15.0. The molecule has 3 aromatic rings. The van der Waals surface area contributed by atoms with E-state index in [0.29, 0.717) is 0 Å². The lowest BCUT2D eigenvalue weighted by Gasteiger charge is -2.20. The van der Waals surface area contributed by atoms with Gasteiger partial charge in [0, 0.05) is 5.02 Å². The van der Waals surface area contributed by atoms with Crippen molar-refractivity contribution in [2.45, 2.75) is 19.9 Å². The van der Waals surface area contributed by atoms with Crippen molar-refractivity contribution >= 4 is 22.4 Å². The molecule has 0 spiro atoms. The van der Waals surface area contributed by atoms with Gasteiger partial charge in [-0.15, -0.1) is 0 Å². The van der Waals surface area contributed by atoms with Crippen molar-refractivity contribution in [3.8, 4) is 0 Å². The van der Waals surface area contributed by atoms with Crippen molar-refractivity contribution in [3.05, 3.63) is 81.9 Å². The van der Waals surface area contributed by atoms with E-state index in [2.05, 4.69) is 50.2 Å². The largest absolute Gasteiger partial charge is 0.320 e. The minimum atomic E-state index is -0.171. The monoisotopic (exact) mass is 295 g/mol. The Labute approximate surface area is 130 Å². The van der Waals surface area contributed by atoms with E-state index < -0.39 is 0 Å². The molecule has 2 heteroatoms. The second kappa shape index (κ2) is 5.51. The van der Waals surface area contributed by atoms with Gasteiger partial charge < -0.3 is 5.73 Å². The van der Waals surface area contributed by atoms with Crippen LogP contribution in [-0.4, -0.2) is 0 Å². The van der Waals surface area contributed by atoms with Crippen molar-refractivity contribution in [1.29, 1.82) is 0 Å². The Balaban J connectivity index is 2.24. The molecule has 3 rings (SSSR count). The maximum Gasteiger partial charge on any atom is 0.0563 e. The molecule has 0 aliphatic carbocycles. The van der Waals surface area contributed by atoms with Gasteiger partial charge >= 0.3 is 0 Å². The molecule has 0 saturated heterocycles. The molecule has 0 aromatic heterocycles. The van der Waals surface area contributed by atoms with E-state index in [0.717, 1.165) is 10.6 Å². The molecule has 0 saturated carbocycles. The predicted octanol–water partition coefficient (Wildman–Crippen LogP) is 5.16. The highest BCUT2D eigenvalue weighted by Gasteiger charge is 2.16. The van der Waals surface area contributed by atoms with Crippen molar-refractivity contribution < 1.29 is 0 Å². The highest BCUT2D eigenvalue weighted by molar-refractivity contribution is 6.30. The zero-order valence-electron chi connectivity index (χ0n) is 12.2. The summed E-state index contributed by atoms with van der Waals surface area (Å²) in [4.78, 5) is 0. The summed E-state index contributed by atoms with van der Waals surface area (Å²) in [5.74, 6) is 0. The number of nitrogens with two attached hydrogens (primary N) is 1. The molecule has 0 heterocycles. The molecule has 0 amide bonds. The average molecular weight is 296 g/mol. The Bertz CT molecular complexity index is 808. The third-order valence-corrected chi connectivity index (χ3v) is 4.31. The second-order valence-electron chi connectivity index (χ2n) is 5.50. The number of benzene rings is 3. The fourth-order valence-corrected chi connectivity index (χ4v) is 3.10. The van der Waals surface area contributed by atoms with Crippen LogP contribution in [-0.2, 0) is 0 Å². The van der Waals surface area contributed by atoms with Crippen LogP contribution in [0, 0.1) is 13.8 Å². The predicted molar refractivity (Wildman–Crippen MR) is 90.9 cm³/mol. The smallest absolute Gasteiger partial charge is 0.0563 e. The lowest BCUT2D eigenvalue weighted by Crippen LogP contribution is -2.15. The highest BCUT2D eigenvalue weighted by Crippen LogP contribution is 2.32. The second-order valence-corrected chi connectivity index (χ2v) is 5.93. The van der Waals surface area contributed by atoms with Crippen LogP contribution in [0.25, 0.3) is 10.8 Å². The van der Waals surface area contributed by atoms with Gasteiger partial charge in [-0.25, -0.2) is 0 Å². The third kappa shape index (κ3) is 2.55. The Kier molecular flexibility index (Phi) is 3.71. The van der Waals surface area contributed by atoms with E-state index in [1.807, 2.05) is 18.2 Å². The minimum Gasteiger partial charge on any atom is -0.320 e. The van der Waals surface area contributed by atoms with Gasteiger partial charge in [-0.05, 0) is 59.0 Å². The lowest BCUT2D eigenvalue weighted by atomic mass is 9.89. The standard InChI is InChI=1S/C19H18ClN/c1-12-8-10-15(20)11-17(12)19(21)18-13(2)7-9-14-5-3-4-6-16(14)18/h3-11,19H,21H2,1-2H3. The van der Waals surface area contributed by atoms with E-state index >= 15 is 0 Å². The molecule has 1 atom stereocenters. The first-order valence-electron chi connectivity index (χ1n) is 7.08. The van der Waals surface area contributed by atoms with Crippen molar-refractivity contribution in [1.82, 2.24) is 0 Å². The fourth-order valence-electron chi connectivity index (χ4n) is 2.92. The van der Waals surface area contributed by atoms with E-state index in [1.165, 1.54) is 27.5 Å². The van der Waals surface area contributed by atoms with Crippen molar-refractivity contribution in [2.24, 2.45) is 5.73 Å². The molecule has 106 valence electrons. The zero-order valence-corrected chi connectivity index (χ0v) is 13.0. The topological polar surface area (TPSA) is 26.0 Å². The number of rotatable bonds is 2. The molecular formula is C19H18ClN. The number of aryl methyl sites for hydroxylation is 2. The first-order chi connectivity index (χ1) is 10.1. The molecule has 0 aliphatic rings. The molecule has 2 N–H and O–H groups in total. The van der Waals surface area contributed by atoms with Crippen LogP contribution in [0.4, 0.5) is 0 Å². The van der Waals surface area contributed by atoms with Gasteiger partial charge in [-0.3, -0.25) is 0 Å². The molecule has 0 aliphatic heterocycles. The maximum absolute atomic E-state index is 6.59. The minimum absolute atomic E-state index is 0.171. The first kappa shape index (κ1) is 14.1. The van der Waals surface area contributed by atoms with Crippen molar-refractivity contribution in [2.75, 3.05) is 0 Å². The summed E-state index contributed by atoms with van der Waals surface area (Å²) in [6.07, 6.45) is 0. The summed E-state index contributed by atoms with van der Waals surface area (Å²) in [6, 6.07) is 18.4. The molecule has 0 bridgehead atoms. The van der Waals surface area contributed by atoms with E-state index in [4.69, 9.17) is 17.3 Å². The van der Waals surface area contributed by atoms with Gasteiger partial charge in [-0.2, -0.15) is 0 Å². The quantitative estimate of drug-likeness (QED) is 0.694. The van der Waals surface area contributed by atoms with Gasteiger partial charge in [0.1, 0.15) is 0 Å². The third-order valence-electron chi connectivity index (χ3n) is 4.08. The SMILES string of the molecule is Cc1ccc(Cl)cc1C(N)c1c(C)ccc2ccccc12.